The maximum Gasteiger partial charge on any atom is 0.307 e. The van der Waals surface area contributed by atoms with Gasteiger partial charge in [0.2, 0.25) is 0 Å². The standard InChI is InChI=1S/C28H20BrN3O6/c1-36-25-12-17(11-23(29)27(25)37-16-19-7-4-6-18-5-2-3-8-22(18)19)15-30-31-28(33)26-14-20-13-21(32(34)35)9-10-24(20)38-26/h2-15H,16H2,1H3,(H,31,33)/b30-15-. The lowest BCUT2D eigenvalue weighted by Gasteiger charge is -2.14. The molecular weight excluding hydrogens is 554 g/mol. The molecule has 0 bridgehead atoms. The Morgan fingerprint density at radius 1 is 1.08 bits per heavy atom. The minimum atomic E-state index is -0.596. The average molecular weight is 574 g/mol. The summed E-state index contributed by atoms with van der Waals surface area (Å²) in [4.78, 5) is 22.9. The number of carbonyl (C=O) groups excluding carboxylic acids is 1. The SMILES string of the molecule is COc1cc(/C=N\NC(=O)c2cc3cc([N+](=O)[O-])ccc3o2)cc(Br)c1OCc1cccc2ccccc12. The monoisotopic (exact) mass is 573 g/mol. The number of halogens is 1. The summed E-state index contributed by atoms with van der Waals surface area (Å²) in [7, 11) is 1.54. The smallest absolute Gasteiger partial charge is 0.307 e. The highest BCUT2D eigenvalue weighted by atomic mass is 79.9. The van der Waals surface area contributed by atoms with Crippen molar-refractivity contribution in [3.8, 4) is 11.5 Å². The number of benzene rings is 4. The lowest BCUT2D eigenvalue weighted by molar-refractivity contribution is -0.384. The van der Waals surface area contributed by atoms with Crippen molar-refractivity contribution < 1.29 is 23.6 Å². The molecule has 0 spiro atoms. The number of rotatable bonds is 8. The van der Waals surface area contributed by atoms with Crippen molar-refractivity contribution in [3.05, 3.63) is 110 Å². The zero-order valence-electron chi connectivity index (χ0n) is 20.0. The average Bonchev–Trinajstić information content (AvgIpc) is 3.36. The van der Waals surface area contributed by atoms with Gasteiger partial charge in [-0.25, -0.2) is 5.43 Å². The summed E-state index contributed by atoms with van der Waals surface area (Å²) < 4.78 is 17.8. The first-order chi connectivity index (χ1) is 18.4. The predicted molar refractivity (Wildman–Crippen MR) is 147 cm³/mol. The number of nitrogens with one attached hydrogen (secondary N) is 1. The molecule has 9 nitrogen and oxygen atoms in total. The number of fused-ring (bicyclic) bond motifs is 2. The molecule has 0 saturated heterocycles. The molecular formula is C28H20BrN3O6. The number of amides is 1. The molecule has 0 saturated carbocycles. The largest absolute Gasteiger partial charge is 0.493 e. The van der Waals surface area contributed by atoms with Crippen molar-refractivity contribution in [1.29, 1.82) is 0 Å². The Hall–Kier alpha value is -4.70. The Morgan fingerprint density at radius 2 is 1.89 bits per heavy atom. The number of hydrogen-bond acceptors (Lipinski definition) is 7. The van der Waals surface area contributed by atoms with Gasteiger partial charge in [0.1, 0.15) is 12.2 Å². The molecule has 1 heterocycles. The highest BCUT2D eigenvalue weighted by Crippen LogP contribution is 2.37. The first kappa shape index (κ1) is 25.0. The number of nitro benzene ring substituents is 1. The molecule has 0 aliphatic carbocycles. The number of carbonyl (C=O) groups is 1. The van der Waals surface area contributed by atoms with Crippen LogP contribution < -0.4 is 14.9 Å². The number of methoxy groups -OCH3 is 1. The van der Waals surface area contributed by atoms with Crippen LogP contribution in [-0.4, -0.2) is 24.2 Å². The summed E-state index contributed by atoms with van der Waals surface area (Å²) in [5, 5.41) is 17.7. The second kappa shape index (κ2) is 10.7. The summed E-state index contributed by atoms with van der Waals surface area (Å²) in [6.07, 6.45) is 1.45. The Morgan fingerprint density at radius 3 is 2.71 bits per heavy atom. The fraction of sp³-hybridized carbons (Fsp3) is 0.0714. The van der Waals surface area contributed by atoms with E-state index < -0.39 is 10.8 Å². The molecule has 0 aliphatic heterocycles. The summed E-state index contributed by atoms with van der Waals surface area (Å²) in [6.45, 7) is 0.348. The van der Waals surface area contributed by atoms with Crippen molar-refractivity contribution in [2.45, 2.75) is 6.61 Å². The van der Waals surface area contributed by atoms with Crippen LogP contribution >= 0.6 is 15.9 Å². The van der Waals surface area contributed by atoms with Crippen LogP contribution in [0.15, 0.2) is 92.9 Å². The molecule has 1 amide bonds. The van der Waals surface area contributed by atoms with Gasteiger partial charge >= 0.3 is 5.91 Å². The molecule has 38 heavy (non-hydrogen) atoms. The molecule has 5 rings (SSSR count). The van der Waals surface area contributed by atoms with E-state index in [1.807, 2.05) is 24.3 Å². The van der Waals surface area contributed by atoms with Gasteiger partial charge in [-0.15, -0.1) is 0 Å². The molecule has 0 fully saturated rings. The first-order valence-corrected chi connectivity index (χ1v) is 12.2. The summed E-state index contributed by atoms with van der Waals surface area (Å²) in [5.74, 6) is 0.416. The van der Waals surface area contributed by atoms with E-state index >= 15 is 0 Å². The highest BCUT2D eigenvalue weighted by Gasteiger charge is 2.15. The maximum atomic E-state index is 12.5. The van der Waals surface area contributed by atoms with Crippen LogP contribution in [-0.2, 0) is 6.61 Å². The second-order valence-electron chi connectivity index (χ2n) is 8.25. The molecule has 1 N–H and O–H groups in total. The van der Waals surface area contributed by atoms with Gasteiger partial charge in [0.05, 0.1) is 22.7 Å². The molecule has 4 aromatic carbocycles. The molecule has 10 heteroatoms. The number of hydrazone groups is 1. The normalized spacial score (nSPS) is 11.2. The summed E-state index contributed by atoms with van der Waals surface area (Å²) in [6, 6.07) is 23.2. The van der Waals surface area contributed by atoms with Gasteiger partial charge in [-0.05, 0) is 62.1 Å². The van der Waals surface area contributed by atoms with E-state index in [1.165, 1.54) is 30.5 Å². The van der Waals surface area contributed by atoms with Gasteiger partial charge in [0, 0.05) is 17.5 Å². The third-order valence-electron chi connectivity index (χ3n) is 5.82. The summed E-state index contributed by atoms with van der Waals surface area (Å²) >= 11 is 3.54. The number of non-ortho nitro benzene ring substituents is 1. The van der Waals surface area contributed by atoms with Gasteiger partial charge in [-0.3, -0.25) is 14.9 Å². The zero-order chi connectivity index (χ0) is 26.6. The van der Waals surface area contributed by atoms with E-state index in [4.69, 9.17) is 13.9 Å². The number of nitro groups is 1. The third kappa shape index (κ3) is 5.21. The van der Waals surface area contributed by atoms with Crippen molar-refractivity contribution >= 4 is 55.5 Å². The van der Waals surface area contributed by atoms with Crippen LogP contribution in [0.5, 0.6) is 11.5 Å². The van der Waals surface area contributed by atoms with Gasteiger partial charge in [-0.2, -0.15) is 5.10 Å². The number of furan rings is 1. The fourth-order valence-corrected chi connectivity index (χ4v) is 4.57. The summed E-state index contributed by atoms with van der Waals surface area (Å²) in [5.41, 5.74) is 4.36. The lowest BCUT2D eigenvalue weighted by Crippen LogP contribution is -2.16. The topological polar surface area (TPSA) is 116 Å². The molecule has 5 aromatic rings. The fourth-order valence-electron chi connectivity index (χ4n) is 4.00. The van der Waals surface area contributed by atoms with Crippen LogP contribution in [0.25, 0.3) is 21.7 Å². The van der Waals surface area contributed by atoms with Crippen LogP contribution in [0.2, 0.25) is 0 Å². The Labute approximate surface area is 224 Å². The highest BCUT2D eigenvalue weighted by molar-refractivity contribution is 9.10. The molecule has 0 atom stereocenters. The quantitative estimate of drug-likeness (QED) is 0.127. The van der Waals surface area contributed by atoms with Gasteiger partial charge < -0.3 is 13.9 Å². The Bertz CT molecular complexity index is 1710. The minimum absolute atomic E-state index is 0.0198. The van der Waals surface area contributed by atoms with Crippen LogP contribution in [0.4, 0.5) is 5.69 Å². The van der Waals surface area contributed by atoms with E-state index in [2.05, 4.69) is 44.7 Å². The number of ether oxygens (including phenoxy) is 2. The van der Waals surface area contributed by atoms with Crippen molar-refractivity contribution in [2.24, 2.45) is 5.10 Å². The molecule has 0 radical (unpaired) electrons. The predicted octanol–water partition coefficient (Wildman–Crippen LogP) is 6.61. The van der Waals surface area contributed by atoms with Crippen LogP contribution in [0.3, 0.4) is 0 Å². The second-order valence-corrected chi connectivity index (χ2v) is 9.10. The number of nitrogens with zero attached hydrogens (tertiary/aromatic N) is 2. The Balaban J connectivity index is 1.29. The van der Waals surface area contributed by atoms with E-state index in [1.54, 1.807) is 19.2 Å². The van der Waals surface area contributed by atoms with E-state index in [9.17, 15) is 14.9 Å². The van der Waals surface area contributed by atoms with Crippen molar-refractivity contribution in [1.82, 2.24) is 5.43 Å². The van der Waals surface area contributed by atoms with Gasteiger partial charge in [0.25, 0.3) is 5.69 Å². The Kier molecular flexibility index (Phi) is 7.05. The lowest BCUT2D eigenvalue weighted by atomic mass is 10.1. The van der Waals surface area contributed by atoms with Crippen LogP contribution in [0.1, 0.15) is 21.7 Å². The molecule has 0 unspecified atom stereocenters. The van der Waals surface area contributed by atoms with Crippen molar-refractivity contribution in [2.75, 3.05) is 7.11 Å². The number of hydrogen-bond donors (Lipinski definition) is 1. The van der Waals surface area contributed by atoms with E-state index in [0.717, 1.165) is 16.3 Å². The third-order valence-corrected chi connectivity index (χ3v) is 6.41. The van der Waals surface area contributed by atoms with E-state index in [0.29, 0.717) is 39.1 Å². The first-order valence-electron chi connectivity index (χ1n) is 11.4. The maximum absolute atomic E-state index is 12.5. The molecule has 190 valence electrons. The van der Waals surface area contributed by atoms with Crippen LogP contribution in [0, 0.1) is 10.1 Å². The minimum Gasteiger partial charge on any atom is -0.493 e. The molecule has 1 aromatic heterocycles. The van der Waals surface area contributed by atoms with Gasteiger partial charge in [-0.1, -0.05) is 42.5 Å². The molecule has 0 aliphatic rings. The van der Waals surface area contributed by atoms with Crippen molar-refractivity contribution in [3.63, 3.8) is 0 Å². The zero-order valence-corrected chi connectivity index (χ0v) is 21.6. The van der Waals surface area contributed by atoms with Gasteiger partial charge in [0.15, 0.2) is 17.3 Å². The van der Waals surface area contributed by atoms with E-state index in [-0.39, 0.29) is 11.4 Å².